The van der Waals surface area contributed by atoms with Gasteiger partial charge in [-0.25, -0.2) is 0 Å². The Bertz CT molecular complexity index is 376. The predicted octanol–water partition coefficient (Wildman–Crippen LogP) is -5.57. The van der Waals surface area contributed by atoms with Gasteiger partial charge in [0.25, 0.3) is 0 Å². The monoisotopic (exact) mass is 324 g/mol. The third-order valence-corrected chi connectivity index (χ3v) is 3.93. The van der Waals surface area contributed by atoms with Crippen LogP contribution in [0, 0.1) is 0 Å². The fourth-order valence-corrected chi connectivity index (χ4v) is 2.51. The Labute approximate surface area is 126 Å². The molecule has 0 amide bonds. The van der Waals surface area contributed by atoms with Crippen LogP contribution in [-0.4, -0.2) is 88.4 Å². The zero-order valence-electron chi connectivity index (χ0n) is 11.8. The molecule has 0 bridgehead atoms. The van der Waals surface area contributed by atoms with E-state index in [4.69, 9.17) is 37.1 Å². The van der Waals surface area contributed by atoms with Gasteiger partial charge in [0.1, 0.15) is 49.1 Å². The van der Waals surface area contributed by atoms with Crippen LogP contribution in [0.3, 0.4) is 0 Å². The second-order valence-electron chi connectivity index (χ2n) is 5.48. The molecular weight excluding hydrogens is 300 g/mol. The van der Waals surface area contributed by atoms with Gasteiger partial charge >= 0.3 is 0 Å². The molecule has 2 aliphatic rings. The molecule has 4 unspecified atom stereocenters. The minimum atomic E-state index is -1.44. The van der Waals surface area contributed by atoms with Gasteiger partial charge in [0.05, 0.1) is 6.04 Å². The van der Waals surface area contributed by atoms with E-state index in [0.29, 0.717) is 0 Å². The van der Waals surface area contributed by atoms with Crippen LogP contribution in [0.4, 0.5) is 0 Å². The summed E-state index contributed by atoms with van der Waals surface area (Å²) >= 11 is 0. The first-order valence-corrected chi connectivity index (χ1v) is 6.93. The van der Waals surface area contributed by atoms with E-state index in [1.54, 1.807) is 0 Å². The van der Waals surface area contributed by atoms with E-state index >= 15 is 0 Å². The van der Waals surface area contributed by atoms with E-state index in [0.717, 1.165) is 0 Å². The van der Waals surface area contributed by atoms with Crippen molar-refractivity contribution >= 4 is 0 Å². The van der Waals surface area contributed by atoms with E-state index in [1.165, 1.54) is 0 Å². The average Bonchev–Trinajstić information content (AvgIpc) is 2.49. The first-order valence-electron chi connectivity index (χ1n) is 6.93. The third-order valence-electron chi connectivity index (χ3n) is 3.93. The number of aliphatic hydroxyl groups is 4. The molecule has 2 saturated heterocycles. The van der Waals surface area contributed by atoms with Crippen LogP contribution in [0.25, 0.3) is 0 Å². The van der Waals surface area contributed by atoms with Crippen LogP contribution in [-0.2, 0) is 14.2 Å². The maximum atomic E-state index is 9.99. The van der Waals surface area contributed by atoms with E-state index in [-0.39, 0.29) is 6.54 Å². The standard InChI is InChI=1S/C11H24N4O7/c12-1-2-4(16)5(17)3(13)11(20-2)21-8-6(18)7(19)9(14)22-10(8)15/h2-11,16-19H,1,12-15H2/t2?,3?,4-,5+,6+,7?,8+,9+,10?,11-/m0/s1. The van der Waals surface area contributed by atoms with Crippen LogP contribution < -0.4 is 22.9 Å². The molecule has 0 spiro atoms. The van der Waals surface area contributed by atoms with Crippen LogP contribution in [0.5, 0.6) is 0 Å². The number of ether oxygens (including phenoxy) is 3. The maximum Gasteiger partial charge on any atom is 0.176 e. The first kappa shape index (κ1) is 17.9. The Balaban J connectivity index is 2.08. The topological polar surface area (TPSA) is 213 Å². The molecule has 0 aromatic heterocycles. The van der Waals surface area contributed by atoms with Crippen LogP contribution in [0.15, 0.2) is 0 Å². The highest BCUT2D eigenvalue weighted by atomic mass is 16.7. The highest BCUT2D eigenvalue weighted by Crippen LogP contribution is 2.25. The summed E-state index contributed by atoms with van der Waals surface area (Å²) in [5.74, 6) is 0. The average molecular weight is 324 g/mol. The van der Waals surface area contributed by atoms with Crippen LogP contribution in [0.2, 0.25) is 0 Å². The molecule has 2 fully saturated rings. The molecule has 0 saturated carbocycles. The number of rotatable bonds is 3. The van der Waals surface area contributed by atoms with Crippen molar-refractivity contribution in [2.24, 2.45) is 22.9 Å². The summed E-state index contributed by atoms with van der Waals surface area (Å²) < 4.78 is 15.9. The SMILES string of the molecule is NCC1O[C@@H](O[C@H]2C(N)O[C@@H](N)C(O)[C@H]2O)C(N)[C@@H](O)[C@H]1O. The maximum absolute atomic E-state index is 9.99. The predicted molar refractivity (Wildman–Crippen MR) is 71.6 cm³/mol. The van der Waals surface area contributed by atoms with Crippen molar-refractivity contribution < 1.29 is 34.6 Å². The lowest BCUT2D eigenvalue weighted by Gasteiger charge is -2.45. The molecule has 11 nitrogen and oxygen atoms in total. The molecule has 22 heavy (non-hydrogen) atoms. The van der Waals surface area contributed by atoms with Crippen molar-refractivity contribution in [2.45, 2.75) is 61.4 Å². The Kier molecular flexibility index (Phi) is 5.68. The molecule has 0 aromatic carbocycles. The first-order chi connectivity index (χ1) is 10.3. The molecule has 12 N–H and O–H groups in total. The molecule has 0 aliphatic carbocycles. The number of nitrogens with two attached hydrogens (primary N) is 4. The lowest BCUT2D eigenvalue weighted by atomic mass is 9.97. The van der Waals surface area contributed by atoms with Crippen molar-refractivity contribution in [3.05, 3.63) is 0 Å². The highest BCUT2D eigenvalue weighted by Gasteiger charge is 2.48. The van der Waals surface area contributed by atoms with Gasteiger partial charge in [-0.3, -0.25) is 0 Å². The Morgan fingerprint density at radius 2 is 1.45 bits per heavy atom. The van der Waals surface area contributed by atoms with E-state index in [2.05, 4.69) is 0 Å². The second kappa shape index (κ2) is 6.98. The van der Waals surface area contributed by atoms with Gasteiger partial charge in [-0.1, -0.05) is 0 Å². The molecular formula is C11H24N4O7. The van der Waals surface area contributed by atoms with Gasteiger partial charge in [-0.15, -0.1) is 0 Å². The number of hydrogen-bond donors (Lipinski definition) is 8. The normalized spacial score (nSPS) is 53.5. The summed E-state index contributed by atoms with van der Waals surface area (Å²) in [6.45, 7) is -0.0753. The van der Waals surface area contributed by atoms with Gasteiger partial charge in [0.2, 0.25) is 0 Å². The molecule has 2 aliphatic heterocycles. The van der Waals surface area contributed by atoms with Gasteiger partial charge in [-0.05, 0) is 0 Å². The molecule has 11 heteroatoms. The lowest BCUT2D eigenvalue weighted by Crippen LogP contribution is -2.68. The fourth-order valence-electron chi connectivity index (χ4n) is 2.51. The molecule has 2 heterocycles. The van der Waals surface area contributed by atoms with E-state index < -0.39 is 61.4 Å². The summed E-state index contributed by atoms with van der Waals surface area (Å²) in [4.78, 5) is 0. The summed E-state index contributed by atoms with van der Waals surface area (Å²) in [6.07, 6.45) is -11.0. The Morgan fingerprint density at radius 1 is 0.818 bits per heavy atom. The highest BCUT2D eigenvalue weighted by molar-refractivity contribution is 4.94. The Morgan fingerprint density at radius 3 is 2.05 bits per heavy atom. The second-order valence-corrected chi connectivity index (χ2v) is 5.48. The van der Waals surface area contributed by atoms with Crippen molar-refractivity contribution in [3.8, 4) is 0 Å². The summed E-state index contributed by atoms with van der Waals surface area (Å²) in [5, 5.41) is 39.3. The minimum absolute atomic E-state index is 0.0753. The lowest BCUT2D eigenvalue weighted by molar-refractivity contribution is -0.313. The number of hydrogen-bond acceptors (Lipinski definition) is 11. The van der Waals surface area contributed by atoms with E-state index in [1.807, 2.05) is 0 Å². The zero-order valence-corrected chi connectivity index (χ0v) is 11.8. The molecule has 10 atom stereocenters. The fraction of sp³-hybridized carbons (Fsp3) is 1.00. The smallest absolute Gasteiger partial charge is 0.176 e. The largest absolute Gasteiger partial charge is 0.388 e. The summed E-state index contributed by atoms with van der Waals surface area (Å²) in [6, 6.07) is -1.11. The minimum Gasteiger partial charge on any atom is -0.388 e. The zero-order chi connectivity index (χ0) is 16.6. The van der Waals surface area contributed by atoms with E-state index in [9.17, 15) is 20.4 Å². The molecule has 0 aromatic rings. The summed E-state index contributed by atoms with van der Waals surface area (Å²) in [5.41, 5.74) is 22.3. The Hall–Kier alpha value is -0.440. The number of aliphatic hydroxyl groups excluding tert-OH is 4. The van der Waals surface area contributed by atoms with Crippen LogP contribution >= 0.6 is 0 Å². The van der Waals surface area contributed by atoms with Crippen LogP contribution in [0.1, 0.15) is 0 Å². The molecule has 0 radical (unpaired) electrons. The van der Waals surface area contributed by atoms with Gasteiger partial charge in [0, 0.05) is 6.54 Å². The quantitative estimate of drug-likeness (QED) is 0.245. The van der Waals surface area contributed by atoms with Crippen molar-refractivity contribution in [1.82, 2.24) is 0 Å². The van der Waals surface area contributed by atoms with Gasteiger partial charge in [-0.2, -0.15) is 0 Å². The van der Waals surface area contributed by atoms with Crippen molar-refractivity contribution in [2.75, 3.05) is 6.54 Å². The molecule has 2 rings (SSSR count). The third kappa shape index (κ3) is 3.25. The van der Waals surface area contributed by atoms with Crippen molar-refractivity contribution in [1.29, 1.82) is 0 Å². The molecule has 130 valence electrons. The van der Waals surface area contributed by atoms with Gasteiger partial charge < -0.3 is 57.6 Å². The van der Waals surface area contributed by atoms with Gasteiger partial charge in [0.15, 0.2) is 6.29 Å². The van der Waals surface area contributed by atoms with Crippen molar-refractivity contribution in [3.63, 3.8) is 0 Å². The summed E-state index contributed by atoms with van der Waals surface area (Å²) in [7, 11) is 0.